The van der Waals surface area contributed by atoms with Gasteiger partial charge in [0.25, 0.3) is 0 Å². The largest absolute Gasteiger partial charge is 0.324 e. The van der Waals surface area contributed by atoms with Gasteiger partial charge in [-0.05, 0) is 38.6 Å². The van der Waals surface area contributed by atoms with Crippen molar-refractivity contribution in [3.8, 4) is 0 Å². The Morgan fingerprint density at radius 2 is 2.00 bits per heavy atom. The molecule has 1 aliphatic rings. The third-order valence-corrected chi connectivity index (χ3v) is 4.35. The van der Waals surface area contributed by atoms with Crippen molar-refractivity contribution in [3.63, 3.8) is 0 Å². The van der Waals surface area contributed by atoms with Crippen LogP contribution in [0, 0.1) is 11.8 Å². The molecule has 0 spiro atoms. The topological polar surface area (TPSA) is 29.3 Å². The third-order valence-electron chi connectivity index (χ3n) is 4.35. The zero-order valence-electron chi connectivity index (χ0n) is 11.8. The van der Waals surface area contributed by atoms with Crippen LogP contribution in [0.3, 0.4) is 0 Å². The van der Waals surface area contributed by atoms with E-state index in [0.29, 0.717) is 12.0 Å². The normalized spacial score (nSPS) is 33.4. The van der Waals surface area contributed by atoms with E-state index in [1.807, 2.05) is 0 Å². The molecule has 0 aromatic carbocycles. The van der Waals surface area contributed by atoms with E-state index in [4.69, 9.17) is 5.73 Å². The summed E-state index contributed by atoms with van der Waals surface area (Å²) in [4.78, 5) is 2.45. The fraction of sp³-hybridized carbons (Fsp3) is 1.00. The molecule has 1 rings (SSSR count). The predicted molar refractivity (Wildman–Crippen MR) is 71.5 cm³/mol. The predicted octanol–water partition coefficient (Wildman–Crippen LogP) is 2.87. The molecule has 16 heavy (non-hydrogen) atoms. The van der Waals surface area contributed by atoms with E-state index >= 15 is 0 Å². The van der Waals surface area contributed by atoms with Crippen LogP contribution in [0.25, 0.3) is 0 Å². The minimum Gasteiger partial charge on any atom is -0.324 e. The molecule has 2 nitrogen and oxygen atoms in total. The summed E-state index contributed by atoms with van der Waals surface area (Å²) in [5, 5.41) is 0. The fourth-order valence-electron chi connectivity index (χ4n) is 2.99. The number of rotatable bonds is 4. The van der Waals surface area contributed by atoms with Crippen LogP contribution >= 0.6 is 0 Å². The summed E-state index contributed by atoms with van der Waals surface area (Å²) in [6.07, 6.45) is 5.07. The number of likely N-dealkylation sites (N-methyl/N-ethyl adjacent to an activating group) is 1. The Kier molecular flexibility index (Phi) is 4.81. The zero-order valence-corrected chi connectivity index (χ0v) is 11.8. The molecule has 1 saturated carbocycles. The van der Waals surface area contributed by atoms with Gasteiger partial charge < -0.3 is 10.6 Å². The first-order valence-corrected chi connectivity index (χ1v) is 6.83. The summed E-state index contributed by atoms with van der Waals surface area (Å²) in [7, 11) is 2.22. The van der Waals surface area contributed by atoms with Crippen molar-refractivity contribution in [1.82, 2.24) is 4.90 Å². The Bertz CT molecular complexity index is 215. The van der Waals surface area contributed by atoms with Crippen LogP contribution in [-0.4, -0.2) is 30.1 Å². The second-order valence-electron chi connectivity index (χ2n) is 6.46. The van der Waals surface area contributed by atoms with E-state index < -0.39 is 0 Å². The van der Waals surface area contributed by atoms with Gasteiger partial charge in [-0.3, -0.25) is 0 Å². The lowest BCUT2D eigenvalue weighted by atomic mass is 9.76. The minimum atomic E-state index is 0.0650. The van der Waals surface area contributed by atoms with Crippen molar-refractivity contribution in [1.29, 1.82) is 0 Å². The Morgan fingerprint density at radius 3 is 2.50 bits per heavy atom. The van der Waals surface area contributed by atoms with Crippen LogP contribution in [0.2, 0.25) is 0 Å². The summed E-state index contributed by atoms with van der Waals surface area (Å²) in [5.74, 6) is 1.51. The van der Waals surface area contributed by atoms with Gasteiger partial charge in [-0.15, -0.1) is 0 Å². The molecule has 0 saturated heterocycles. The lowest BCUT2D eigenvalue weighted by Crippen LogP contribution is -2.54. The maximum Gasteiger partial charge on any atom is 0.0285 e. The summed E-state index contributed by atoms with van der Waals surface area (Å²) < 4.78 is 0. The molecule has 0 radical (unpaired) electrons. The van der Waals surface area contributed by atoms with E-state index in [1.165, 1.54) is 25.7 Å². The van der Waals surface area contributed by atoms with Crippen molar-refractivity contribution in [2.24, 2.45) is 17.6 Å². The molecule has 1 fully saturated rings. The van der Waals surface area contributed by atoms with Crippen LogP contribution in [0.1, 0.15) is 53.4 Å². The van der Waals surface area contributed by atoms with Crippen molar-refractivity contribution in [2.45, 2.75) is 65.0 Å². The van der Waals surface area contributed by atoms with Crippen LogP contribution < -0.4 is 5.73 Å². The molecule has 96 valence electrons. The van der Waals surface area contributed by atoms with Crippen molar-refractivity contribution >= 4 is 0 Å². The Labute approximate surface area is 102 Å². The number of nitrogens with two attached hydrogens (primary N) is 1. The molecule has 0 aromatic rings. The average Bonchev–Trinajstić information content (AvgIpc) is 2.15. The summed E-state index contributed by atoms with van der Waals surface area (Å²) in [5.41, 5.74) is 6.61. The lowest BCUT2D eigenvalue weighted by molar-refractivity contribution is 0.125. The van der Waals surface area contributed by atoms with Crippen molar-refractivity contribution < 1.29 is 0 Å². The SMILES string of the molecule is CC1CCCC(N)(CN(C)C(C)C(C)C)C1. The smallest absolute Gasteiger partial charge is 0.0285 e. The Hall–Kier alpha value is -0.0800. The lowest BCUT2D eigenvalue weighted by Gasteiger charge is -2.41. The molecule has 2 N–H and O–H groups in total. The Morgan fingerprint density at radius 1 is 1.38 bits per heavy atom. The van der Waals surface area contributed by atoms with Gasteiger partial charge in [-0.2, -0.15) is 0 Å². The Balaban J connectivity index is 2.51. The fourth-order valence-corrected chi connectivity index (χ4v) is 2.99. The number of hydrogen-bond donors (Lipinski definition) is 1. The van der Waals surface area contributed by atoms with Crippen LogP contribution in [0.5, 0.6) is 0 Å². The first-order chi connectivity index (χ1) is 7.34. The molecule has 1 aliphatic carbocycles. The molecule has 2 heteroatoms. The monoisotopic (exact) mass is 226 g/mol. The second-order valence-corrected chi connectivity index (χ2v) is 6.46. The van der Waals surface area contributed by atoms with Gasteiger partial charge in [-0.25, -0.2) is 0 Å². The van der Waals surface area contributed by atoms with Gasteiger partial charge in [0.05, 0.1) is 0 Å². The molecule has 3 unspecified atom stereocenters. The number of nitrogens with zero attached hydrogens (tertiary/aromatic N) is 1. The summed E-state index contributed by atoms with van der Waals surface area (Å²) >= 11 is 0. The van der Waals surface area contributed by atoms with Crippen LogP contribution in [0.15, 0.2) is 0 Å². The quantitative estimate of drug-likeness (QED) is 0.798. The van der Waals surface area contributed by atoms with E-state index in [2.05, 4.69) is 39.6 Å². The molecular weight excluding hydrogens is 196 g/mol. The maximum absolute atomic E-state index is 6.55. The highest BCUT2D eigenvalue weighted by atomic mass is 15.1. The highest BCUT2D eigenvalue weighted by Gasteiger charge is 2.33. The summed E-state index contributed by atoms with van der Waals surface area (Å²) in [6.45, 7) is 10.3. The van der Waals surface area contributed by atoms with E-state index in [1.54, 1.807) is 0 Å². The van der Waals surface area contributed by atoms with E-state index in [0.717, 1.165) is 12.5 Å². The standard InChI is InChI=1S/C14H30N2/c1-11(2)13(4)16(5)10-14(15)8-6-7-12(3)9-14/h11-13H,6-10,15H2,1-5H3. The molecule has 0 amide bonds. The van der Waals surface area contributed by atoms with Gasteiger partial charge in [0.15, 0.2) is 0 Å². The molecule has 3 atom stereocenters. The molecule has 0 heterocycles. The highest BCUT2D eigenvalue weighted by Crippen LogP contribution is 2.31. The minimum absolute atomic E-state index is 0.0650. The molecule has 0 aliphatic heterocycles. The molecule has 0 bridgehead atoms. The first-order valence-electron chi connectivity index (χ1n) is 6.83. The highest BCUT2D eigenvalue weighted by molar-refractivity contribution is 4.92. The van der Waals surface area contributed by atoms with Crippen molar-refractivity contribution in [3.05, 3.63) is 0 Å². The van der Waals surface area contributed by atoms with Gasteiger partial charge in [0.1, 0.15) is 0 Å². The summed E-state index contributed by atoms with van der Waals surface area (Å²) in [6, 6.07) is 0.623. The second kappa shape index (κ2) is 5.50. The van der Waals surface area contributed by atoms with E-state index in [9.17, 15) is 0 Å². The van der Waals surface area contributed by atoms with Gasteiger partial charge in [-0.1, -0.05) is 33.6 Å². The van der Waals surface area contributed by atoms with Gasteiger partial charge in [0.2, 0.25) is 0 Å². The van der Waals surface area contributed by atoms with Gasteiger partial charge >= 0.3 is 0 Å². The zero-order chi connectivity index (χ0) is 12.3. The molecular formula is C14H30N2. The third kappa shape index (κ3) is 3.74. The van der Waals surface area contributed by atoms with E-state index in [-0.39, 0.29) is 5.54 Å². The first kappa shape index (κ1) is 14.0. The molecule has 0 aromatic heterocycles. The maximum atomic E-state index is 6.55. The van der Waals surface area contributed by atoms with Crippen molar-refractivity contribution in [2.75, 3.05) is 13.6 Å². The number of hydrogen-bond acceptors (Lipinski definition) is 2. The van der Waals surface area contributed by atoms with Crippen LogP contribution in [0.4, 0.5) is 0 Å². The van der Waals surface area contributed by atoms with Gasteiger partial charge in [0, 0.05) is 18.1 Å². The van der Waals surface area contributed by atoms with Crippen LogP contribution in [-0.2, 0) is 0 Å². The average molecular weight is 226 g/mol.